The first-order valence-corrected chi connectivity index (χ1v) is 4.83. The molecule has 6 heteroatoms. The molecule has 2 aromatic rings. The summed E-state index contributed by atoms with van der Waals surface area (Å²) in [4.78, 5) is 3.97. The van der Waals surface area contributed by atoms with Gasteiger partial charge in [-0.15, -0.1) is 37.2 Å². The van der Waals surface area contributed by atoms with Crippen molar-refractivity contribution in [3.05, 3.63) is 54.4 Å². The molecule has 0 aliphatic carbocycles. The number of nitrogen functional groups attached to an aromatic ring is 1. The van der Waals surface area contributed by atoms with Crippen molar-refractivity contribution < 1.29 is 0 Å². The van der Waals surface area contributed by atoms with Crippen molar-refractivity contribution in [3.8, 4) is 0 Å². The average Bonchev–Trinajstić information content (AvgIpc) is 2.29. The zero-order chi connectivity index (χ0) is 10.5. The number of nitrogens with zero attached hydrogens (tertiary/aromatic N) is 1. The lowest BCUT2D eigenvalue weighted by Gasteiger charge is -2.08. The Morgan fingerprint density at radius 3 is 2.17 bits per heavy atom. The molecule has 0 radical (unpaired) electrons. The standard InChI is InChI=1S/C12H13N3.3ClH/c13-11-3-1-2-4-12(11)15-9-10-5-7-14-8-6-10;;;/h1-8,15H,9,13H2;3*1H. The van der Waals surface area contributed by atoms with Gasteiger partial charge in [-0.25, -0.2) is 0 Å². The average molecular weight is 309 g/mol. The molecule has 1 heterocycles. The highest BCUT2D eigenvalue weighted by Gasteiger charge is 1.96. The molecular formula is C12H16Cl3N3. The van der Waals surface area contributed by atoms with Gasteiger partial charge in [0.15, 0.2) is 0 Å². The minimum Gasteiger partial charge on any atom is -0.397 e. The van der Waals surface area contributed by atoms with Crippen LogP contribution in [0.25, 0.3) is 0 Å². The number of aromatic nitrogens is 1. The largest absolute Gasteiger partial charge is 0.397 e. The Morgan fingerprint density at radius 1 is 0.944 bits per heavy atom. The SMILES string of the molecule is Cl.Cl.Cl.Nc1ccccc1NCc1ccncc1. The Morgan fingerprint density at radius 2 is 1.56 bits per heavy atom. The Balaban J connectivity index is 0. The van der Waals surface area contributed by atoms with E-state index in [0.717, 1.165) is 17.9 Å². The molecule has 3 N–H and O–H groups in total. The zero-order valence-electron chi connectivity index (χ0n) is 9.58. The van der Waals surface area contributed by atoms with Crippen molar-refractivity contribution >= 4 is 48.6 Å². The molecule has 1 aromatic carbocycles. The van der Waals surface area contributed by atoms with Crippen molar-refractivity contribution in [3.63, 3.8) is 0 Å². The van der Waals surface area contributed by atoms with Crippen LogP contribution in [0.3, 0.4) is 0 Å². The Hall–Kier alpha value is -1.16. The fraction of sp³-hybridized carbons (Fsp3) is 0.0833. The molecule has 0 saturated heterocycles. The predicted octanol–water partition coefficient (Wildman–Crippen LogP) is 3.54. The summed E-state index contributed by atoms with van der Waals surface area (Å²) < 4.78 is 0. The van der Waals surface area contributed by atoms with E-state index < -0.39 is 0 Å². The van der Waals surface area contributed by atoms with Crippen molar-refractivity contribution in [1.82, 2.24) is 4.98 Å². The molecule has 0 aliphatic rings. The van der Waals surface area contributed by atoms with Gasteiger partial charge in [0.1, 0.15) is 0 Å². The van der Waals surface area contributed by atoms with Crippen molar-refractivity contribution in [1.29, 1.82) is 0 Å². The highest BCUT2D eigenvalue weighted by Crippen LogP contribution is 2.17. The van der Waals surface area contributed by atoms with Crippen LogP contribution in [-0.2, 0) is 6.54 Å². The molecule has 0 amide bonds. The third-order valence-electron chi connectivity index (χ3n) is 2.19. The fourth-order valence-electron chi connectivity index (χ4n) is 1.36. The van der Waals surface area contributed by atoms with Gasteiger partial charge in [-0.1, -0.05) is 12.1 Å². The number of rotatable bonds is 3. The van der Waals surface area contributed by atoms with Crippen LogP contribution in [0.4, 0.5) is 11.4 Å². The van der Waals surface area contributed by atoms with E-state index in [0.29, 0.717) is 0 Å². The summed E-state index contributed by atoms with van der Waals surface area (Å²) in [5.74, 6) is 0. The lowest BCUT2D eigenvalue weighted by Crippen LogP contribution is -2.01. The van der Waals surface area contributed by atoms with E-state index in [9.17, 15) is 0 Å². The van der Waals surface area contributed by atoms with E-state index in [1.54, 1.807) is 12.4 Å². The lowest BCUT2D eigenvalue weighted by atomic mass is 10.2. The number of halogens is 3. The van der Waals surface area contributed by atoms with Gasteiger partial charge in [0.05, 0.1) is 11.4 Å². The van der Waals surface area contributed by atoms with Gasteiger partial charge in [0.25, 0.3) is 0 Å². The molecule has 0 saturated carbocycles. The number of hydrogen-bond donors (Lipinski definition) is 2. The quantitative estimate of drug-likeness (QED) is 0.853. The molecule has 3 nitrogen and oxygen atoms in total. The molecule has 0 bridgehead atoms. The lowest BCUT2D eigenvalue weighted by molar-refractivity contribution is 1.13. The van der Waals surface area contributed by atoms with E-state index in [1.165, 1.54) is 5.56 Å². The summed E-state index contributed by atoms with van der Waals surface area (Å²) in [6, 6.07) is 11.7. The number of para-hydroxylation sites is 2. The van der Waals surface area contributed by atoms with E-state index in [-0.39, 0.29) is 37.2 Å². The molecule has 0 fully saturated rings. The highest BCUT2D eigenvalue weighted by atomic mass is 35.5. The van der Waals surface area contributed by atoms with Crippen LogP contribution in [0.1, 0.15) is 5.56 Å². The van der Waals surface area contributed by atoms with E-state index >= 15 is 0 Å². The number of anilines is 2. The van der Waals surface area contributed by atoms with Crippen LogP contribution in [0.5, 0.6) is 0 Å². The third-order valence-corrected chi connectivity index (χ3v) is 2.19. The van der Waals surface area contributed by atoms with Crippen LogP contribution >= 0.6 is 37.2 Å². The van der Waals surface area contributed by atoms with Crippen LogP contribution in [0, 0.1) is 0 Å². The van der Waals surface area contributed by atoms with E-state index in [2.05, 4.69) is 10.3 Å². The summed E-state index contributed by atoms with van der Waals surface area (Å²) in [7, 11) is 0. The van der Waals surface area contributed by atoms with Gasteiger partial charge in [0, 0.05) is 18.9 Å². The molecule has 1 aromatic heterocycles. The molecule has 0 spiro atoms. The first-order chi connectivity index (χ1) is 7.36. The van der Waals surface area contributed by atoms with Crippen molar-refractivity contribution in [2.45, 2.75) is 6.54 Å². The van der Waals surface area contributed by atoms with Crippen LogP contribution in [-0.4, -0.2) is 4.98 Å². The molecule has 0 unspecified atom stereocenters. The molecular weight excluding hydrogens is 293 g/mol. The normalized spacial score (nSPS) is 8.22. The number of hydrogen-bond acceptors (Lipinski definition) is 3. The minimum atomic E-state index is 0. The maximum atomic E-state index is 5.81. The fourth-order valence-corrected chi connectivity index (χ4v) is 1.36. The molecule has 2 rings (SSSR count). The summed E-state index contributed by atoms with van der Waals surface area (Å²) in [6.45, 7) is 0.761. The monoisotopic (exact) mass is 307 g/mol. The van der Waals surface area contributed by atoms with Gasteiger partial charge in [-0.3, -0.25) is 4.98 Å². The molecule has 0 aliphatic heterocycles. The second kappa shape index (κ2) is 9.83. The van der Waals surface area contributed by atoms with Crippen molar-refractivity contribution in [2.75, 3.05) is 11.1 Å². The van der Waals surface area contributed by atoms with Crippen LogP contribution in [0.2, 0.25) is 0 Å². The summed E-state index contributed by atoms with van der Waals surface area (Å²) in [5.41, 5.74) is 8.73. The van der Waals surface area contributed by atoms with Gasteiger partial charge in [0.2, 0.25) is 0 Å². The third kappa shape index (κ3) is 5.45. The molecule has 18 heavy (non-hydrogen) atoms. The summed E-state index contributed by atoms with van der Waals surface area (Å²) >= 11 is 0. The number of pyridine rings is 1. The molecule has 0 atom stereocenters. The second-order valence-corrected chi connectivity index (χ2v) is 3.30. The Labute approximate surface area is 125 Å². The van der Waals surface area contributed by atoms with Crippen molar-refractivity contribution in [2.24, 2.45) is 0 Å². The maximum Gasteiger partial charge on any atom is 0.0576 e. The summed E-state index contributed by atoms with van der Waals surface area (Å²) in [5, 5.41) is 3.28. The Bertz CT molecular complexity index is 438. The second-order valence-electron chi connectivity index (χ2n) is 3.30. The minimum absolute atomic E-state index is 0. The van der Waals surface area contributed by atoms with E-state index in [1.807, 2.05) is 36.4 Å². The summed E-state index contributed by atoms with van der Waals surface area (Å²) in [6.07, 6.45) is 3.57. The van der Waals surface area contributed by atoms with Gasteiger partial charge >= 0.3 is 0 Å². The zero-order valence-corrected chi connectivity index (χ0v) is 12.0. The molecule has 100 valence electrons. The van der Waals surface area contributed by atoms with E-state index in [4.69, 9.17) is 5.73 Å². The number of benzene rings is 1. The topological polar surface area (TPSA) is 50.9 Å². The van der Waals surface area contributed by atoms with Gasteiger partial charge in [-0.05, 0) is 29.8 Å². The van der Waals surface area contributed by atoms with Crippen LogP contribution in [0.15, 0.2) is 48.8 Å². The van der Waals surface area contributed by atoms with Crippen LogP contribution < -0.4 is 11.1 Å². The number of nitrogens with one attached hydrogen (secondary N) is 1. The van der Waals surface area contributed by atoms with Gasteiger partial charge < -0.3 is 11.1 Å². The maximum absolute atomic E-state index is 5.81. The predicted molar refractivity (Wildman–Crippen MR) is 84.2 cm³/mol. The first-order valence-electron chi connectivity index (χ1n) is 4.83. The smallest absolute Gasteiger partial charge is 0.0576 e. The highest BCUT2D eigenvalue weighted by molar-refractivity contribution is 5.86. The van der Waals surface area contributed by atoms with Gasteiger partial charge in [-0.2, -0.15) is 0 Å². The Kier molecular flexibility index (Phi) is 10.5. The first kappa shape index (κ1) is 19.2. The number of nitrogens with two attached hydrogens (primary N) is 1.